The standard InChI is InChI=1S/C12H17NO3S/c1-8(2)12(3,6-10(14)15)13-11(16)9-4-5-17-7-9/h4-5,7-8H,6H2,1-3H3,(H,13,16)(H,14,15). The lowest BCUT2D eigenvalue weighted by Crippen LogP contribution is -2.51. The molecule has 0 aliphatic carbocycles. The Morgan fingerprint density at radius 2 is 2.18 bits per heavy atom. The molecule has 1 unspecified atom stereocenters. The molecule has 0 aromatic carbocycles. The lowest BCUT2D eigenvalue weighted by atomic mass is 9.85. The Balaban J connectivity index is 2.80. The van der Waals surface area contributed by atoms with Gasteiger partial charge in [-0.2, -0.15) is 11.3 Å². The van der Waals surface area contributed by atoms with Crippen LogP contribution in [0.4, 0.5) is 0 Å². The Hall–Kier alpha value is -1.36. The van der Waals surface area contributed by atoms with Crippen molar-refractivity contribution >= 4 is 23.2 Å². The van der Waals surface area contributed by atoms with E-state index in [0.29, 0.717) is 5.56 Å². The number of nitrogens with one attached hydrogen (secondary N) is 1. The Labute approximate surface area is 105 Å². The van der Waals surface area contributed by atoms with Crippen LogP contribution < -0.4 is 5.32 Å². The van der Waals surface area contributed by atoms with E-state index in [1.54, 1.807) is 18.4 Å². The first kappa shape index (κ1) is 13.7. The van der Waals surface area contributed by atoms with Crippen molar-refractivity contribution in [2.45, 2.75) is 32.7 Å². The summed E-state index contributed by atoms with van der Waals surface area (Å²) >= 11 is 1.44. The molecule has 1 aromatic heterocycles. The number of carbonyl (C=O) groups excluding carboxylic acids is 1. The molecular formula is C12H17NO3S. The molecule has 0 saturated carbocycles. The predicted octanol–water partition coefficient (Wildman–Crippen LogP) is 2.37. The molecule has 1 aromatic rings. The van der Waals surface area contributed by atoms with Gasteiger partial charge in [0.25, 0.3) is 5.91 Å². The highest BCUT2D eigenvalue weighted by Crippen LogP contribution is 2.21. The summed E-state index contributed by atoms with van der Waals surface area (Å²) in [6, 6.07) is 1.72. The smallest absolute Gasteiger partial charge is 0.305 e. The Morgan fingerprint density at radius 3 is 2.59 bits per heavy atom. The van der Waals surface area contributed by atoms with E-state index in [0.717, 1.165) is 0 Å². The third-order valence-corrected chi connectivity index (χ3v) is 3.66. The number of aliphatic carboxylic acids is 1. The number of hydrogen-bond acceptors (Lipinski definition) is 3. The number of rotatable bonds is 5. The number of amides is 1. The van der Waals surface area contributed by atoms with Gasteiger partial charge >= 0.3 is 5.97 Å². The molecule has 17 heavy (non-hydrogen) atoms. The SMILES string of the molecule is CC(C)C(C)(CC(=O)O)NC(=O)c1ccsc1. The fraction of sp³-hybridized carbons (Fsp3) is 0.500. The molecule has 0 aliphatic rings. The van der Waals surface area contributed by atoms with E-state index >= 15 is 0 Å². The summed E-state index contributed by atoms with van der Waals surface area (Å²) in [6.07, 6.45) is -0.0828. The van der Waals surface area contributed by atoms with Crippen molar-refractivity contribution in [1.82, 2.24) is 5.32 Å². The topological polar surface area (TPSA) is 66.4 Å². The fourth-order valence-corrected chi connectivity index (χ4v) is 2.07. The molecule has 94 valence electrons. The first-order valence-electron chi connectivity index (χ1n) is 5.41. The van der Waals surface area contributed by atoms with Crippen LogP contribution in [0.3, 0.4) is 0 Å². The summed E-state index contributed by atoms with van der Waals surface area (Å²) < 4.78 is 0. The van der Waals surface area contributed by atoms with E-state index in [9.17, 15) is 9.59 Å². The number of carboxylic acids is 1. The van der Waals surface area contributed by atoms with Crippen molar-refractivity contribution in [1.29, 1.82) is 0 Å². The van der Waals surface area contributed by atoms with Gasteiger partial charge in [0.15, 0.2) is 0 Å². The molecule has 0 aliphatic heterocycles. The van der Waals surface area contributed by atoms with Gasteiger partial charge in [-0.3, -0.25) is 9.59 Å². The molecule has 1 atom stereocenters. The normalized spacial score (nSPS) is 14.4. The van der Waals surface area contributed by atoms with Gasteiger partial charge in [-0.1, -0.05) is 13.8 Å². The van der Waals surface area contributed by atoms with Crippen LogP contribution >= 0.6 is 11.3 Å². The second-order valence-corrected chi connectivity index (χ2v) is 5.39. The largest absolute Gasteiger partial charge is 0.481 e. The van der Waals surface area contributed by atoms with E-state index in [1.165, 1.54) is 11.3 Å². The molecule has 4 nitrogen and oxygen atoms in total. The zero-order valence-electron chi connectivity index (χ0n) is 10.2. The van der Waals surface area contributed by atoms with Crippen LogP contribution in [-0.4, -0.2) is 22.5 Å². The highest BCUT2D eigenvalue weighted by molar-refractivity contribution is 7.08. The van der Waals surface area contributed by atoms with Gasteiger partial charge in [0.05, 0.1) is 17.5 Å². The average molecular weight is 255 g/mol. The molecular weight excluding hydrogens is 238 g/mol. The zero-order valence-corrected chi connectivity index (χ0v) is 11.0. The quantitative estimate of drug-likeness (QED) is 0.848. The van der Waals surface area contributed by atoms with Crippen molar-refractivity contribution in [3.05, 3.63) is 22.4 Å². The van der Waals surface area contributed by atoms with Gasteiger partial charge < -0.3 is 10.4 Å². The van der Waals surface area contributed by atoms with Gasteiger partial charge in [-0.05, 0) is 24.3 Å². The van der Waals surface area contributed by atoms with E-state index in [1.807, 2.05) is 19.2 Å². The number of hydrogen-bond donors (Lipinski definition) is 2. The molecule has 5 heteroatoms. The molecule has 1 rings (SSSR count). The summed E-state index contributed by atoms with van der Waals surface area (Å²) in [5.74, 6) is -1.09. The maximum Gasteiger partial charge on any atom is 0.305 e. The molecule has 2 N–H and O–H groups in total. The molecule has 0 spiro atoms. The number of carboxylic acid groups (broad SMARTS) is 1. The predicted molar refractivity (Wildman–Crippen MR) is 67.3 cm³/mol. The fourth-order valence-electron chi connectivity index (χ4n) is 1.43. The number of thiophene rings is 1. The van der Waals surface area contributed by atoms with Gasteiger partial charge in [0, 0.05) is 5.38 Å². The van der Waals surface area contributed by atoms with Crippen LogP contribution in [0, 0.1) is 5.92 Å². The maximum atomic E-state index is 11.9. The first-order valence-corrected chi connectivity index (χ1v) is 6.36. The van der Waals surface area contributed by atoms with Crippen LogP contribution in [0.15, 0.2) is 16.8 Å². The Bertz CT molecular complexity index is 400. The summed E-state index contributed by atoms with van der Waals surface area (Å²) in [6.45, 7) is 5.56. The van der Waals surface area contributed by atoms with Crippen molar-refractivity contribution in [2.24, 2.45) is 5.92 Å². The second-order valence-electron chi connectivity index (χ2n) is 4.61. The van der Waals surface area contributed by atoms with Crippen LogP contribution in [0.5, 0.6) is 0 Å². The molecule has 0 radical (unpaired) electrons. The third kappa shape index (κ3) is 3.56. The van der Waals surface area contributed by atoms with Crippen molar-refractivity contribution in [2.75, 3.05) is 0 Å². The average Bonchev–Trinajstić information content (AvgIpc) is 2.68. The highest BCUT2D eigenvalue weighted by Gasteiger charge is 2.33. The molecule has 0 fully saturated rings. The van der Waals surface area contributed by atoms with E-state index in [-0.39, 0.29) is 18.2 Å². The lowest BCUT2D eigenvalue weighted by Gasteiger charge is -2.33. The number of carbonyl (C=O) groups is 2. The van der Waals surface area contributed by atoms with Crippen LogP contribution in [0.25, 0.3) is 0 Å². The van der Waals surface area contributed by atoms with Crippen LogP contribution in [0.1, 0.15) is 37.6 Å². The van der Waals surface area contributed by atoms with E-state index in [4.69, 9.17) is 5.11 Å². The van der Waals surface area contributed by atoms with Crippen LogP contribution in [0.2, 0.25) is 0 Å². The minimum absolute atomic E-state index is 0.0428. The monoisotopic (exact) mass is 255 g/mol. The van der Waals surface area contributed by atoms with Crippen molar-refractivity contribution in [3.63, 3.8) is 0 Å². The summed E-state index contributed by atoms with van der Waals surface area (Å²) in [7, 11) is 0. The Kier molecular flexibility index (Phi) is 4.28. The van der Waals surface area contributed by atoms with Gasteiger partial charge in [-0.25, -0.2) is 0 Å². The first-order chi connectivity index (χ1) is 7.85. The van der Waals surface area contributed by atoms with Gasteiger partial charge in [0.1, 0.15) is 0 Å². The summed E-state index contributed by atoms with van der Waals surface area (Å²) in [5, 5.41) is 15.3. The highest BCUT2D eigenvalue weighted by atomic mass is 32.1. The van der Waals surface area contributed by atoms with E-state index in [2.05, 4.69) is 5.32 Å². The second kappa shape index (κ2) is 5.31. The lowest BCUT2D eigenvalue weighted by molar-refractivity contribution is -0.138. The minimum Gasteiger partial charge on any atom is -0.481 e. The summed E-state index contributed by atoms with van der Waals surface area (Å²) in [4.78, 5) is 22.7. The maximum absolute atomic E-state index is 11.9. The Morgan fingerprint density at radius 1 is 1.53 bits per heavy atom. The van der Waals surface area contributed by atoms with Gasteiger partial charge in [0.2, 0.25) is 0 Å². The molecule has 0 saturated heterocycles. The van der Waals surface area contributed by atoms with Crippen LogP contribution in [-0.2, 0) is 4.79 Å². The van der Waals surface area contributed by atoms with Gasteiger partial charge in [-0.15, -0.1) is 0 Å². The van der Waals surface area contributed by atoms with Crippen molar-refractivity contribution in [3.8, 4) is 0 Å². The molecule has 1 amide bonds. The molecule has 0 bridgehead atoms. The van der Waals surface area contributed by atoms with E-state index < -0.39 is 11.5 Å². The third-order valence-electron chi connectivity index (χ3n) is 2.98. The molecule has 1 heterocycles. The zero-order chi connectivity index (χ0) is 13.1. The summed E-state index contributed by atoms with van der Waals surface area (Å²) in [5.41, 5.74) is -0.155. The van der Waals surface area contributed by atoms with Crippen molar-refractivity contribution < 1.29 is 14.7 Å². The minimum atomic E-state index is -0.910.